The van der Waals surface area contributed by atoms with Gasteiger partial charge in [-0.2, -0.15) is 0 Å². The molecule has 2 aromatic rings. The van der Waals surface area contributed by atoms with Gasteiger partial charge in [0.1, 0.15) is 5.76 Å². The molecule has 0 amide bonds. The molecule has 1 heterocycles. The van der Waals surface area contributed by atoms with Gasteiger partial charge in [-0.1, -0.05) is 11.6 Å². The zero-order chi connectivity index (χ0) is 13.1. The van der Waals surface area contributed by atoms with Crippen molar-refractivity contribution in [3.05, 3.63) is 45.8 Å². The first-order valence-corrected chi connectivity index (χ1v) is 6.68. The van der Waals surface area contributed by atoms with E-state index in [0.29, 0.717) is 11.6 Å². The van der Waals surface area contributed by atoms with Crippen LogP contribution >= 0.6 is 27.5 Å². The molecule has 1 aromatic heterocycles. The molecule has 0 atom stereocenters. The van der Waals surface area contributed by atoms with Crippen molar-refractivity contribution in [3.8, 4) is 0 Å². The Morgan fingerprint density at radius 3 is 2.67 bits per heavy atom. The molecule has 0 radical (unpaired) electrons. The molecule has 1 N–H and O–H groups in total. The zero-order valence-corrected chi connectivity index (χ0v) is 12.5. The number of rotatable bonds is 4. The van der Waals surface area contributed by atoms with E-state index in [1.807, 2.05) is 49.3 Å². The maximum Gasteiger partial charge on any atom is 0.169 e. The fourth-order valence-electron chi connectivity index (χ4n) is 1.67. The van der Waals surface area contributed by atoms with Crippen molar-refractivity contribution in [1.82, 2.24) is 0 Å². The molecule has 0 fully saturated rings. The smallest absolute Gasteiger partial charge is 0.169 e. The van der Waals surface area contributed by atoms with Gasteiger partial charge in [0.05, 0.1) is 17.9 Å². The molecule has 0 bridgehead atoms. The van der Waals surface area contributed by atoms with Crippen molar-refractivity contribution in [2.45, 2.75) is 6.54 Å². The first kappa shape index (κ1) is 13.3. The Hall–Kier alpha value is -1.13. The van der Waals surface area contributed by atoms with Gasteiger partial charge in [-0.3, -0.25) is 0 Å². The van der Waals surface area contributed by atoms with E-state index in [4.69, 9.17) is 16.0 Å². The van der Waals surface area contributed by atoms with Gasteiger partial charge in [0.25, 0.3) is 0 Å². The Morgan fingerprint density at radius 1 is 1.28 bits per heavy atom. The summed E-state index contributed by atoms with van der Waals surface area (Å²) in [6, 6.07) is 9.59. The lowest BCUT2D eigenvalue weighted by atomic mass is 10.2. The number of anilines is 2. The standard InChI is InChI=1S/C13H14BrClN2O/c1-17(2)12-5-3-9(15)7-11(12)16-8-10-4-6-13(14)18-10/h3-7,16H,8H2,1-2H3. The van der Waals surface area contributed by atoms with Crippen molar-refractivity contribution in [3.63, 3.8) is 0 Å². The van der Waals surface area contributed by atoms with E-state index >= 15 is 0 Å². The Morgan fingerprint density at radius 2 is 2.06 bits per heavy atom. The molecule has 0 aliphatic heterocycles. The molecule has 0 saturated carbocycles. The highest BCUT2D eigenvalue weighted by Crippen LogP contribution is 2.28. The summed E-state index contributed by atoms with van der Waals surface area (Å²) in [5.74, 6) is 0.867. The van der Waals surface area contributed by atoms with Gasteiger partial charge in [-0.25, -0.2) is 0 Å². The van der Waals surface area contributed by atoms with Gasteiger partial charge in [-0.15, -0.1) is 0 Å². The Balaban J connectivity index is 2.15. The number of hydrogen-bond acceptors (Lipinski definition) is 3. The monoisotopic (exact) mass is 328 g/mol. The SMILES string of the molecule is CN(C)c1ccc(Cl)cc1NCc1ccc(Br)o1. The lowest BCUT2D eigenvalue weighted by Crippen LogP contribution is -2.12. The van der Waals surface area contributed by atoms with Crippen molar-refractivity contribution in [2.24, 2.45) is 0 Å². The van der Waals surface area contributed by atoms with Crippen LogP contribution in [-0.2, 0) is 6.54 Å². The quantitative estimate of drug-likeness (QED) is 0.902. The summed E-state index contributed by atoms with van der Waals surface area (Å²) in [5.41, 5.74) is 2.07. The summed E-state index contributed by atoms with van der Waals surface area (Å²) in [6.07, 6.45) is 0. The lowest BCUT2D eigenvalue weighted by molar-refractivity contribution is 0.495. The first-order valence-electron chi connectivity index (χ1n) is 5.51. The molecule has 2 rings (SSSR count). The van der Waals surface area contributed by atoms with Crippen LogP contribution < -0.4 is 10.2 Å². The van der Waals surface area contributed by atoms with E-state index in [2.05, 4.69) is 21.2 Å². The molecule has 0 spiro atoms. The van der Waals surface area contributed by atoms with Crippen LogP contribution in [0.25, 0.3) is 0 Å². The summed E-state index contributed by atoms with van der Waals surface area (Å²) in [6.45, 7) is 0.618. The normalized spacial score (nSPS) is 10.4. The minimum Gasteiger partial charge on any atom is -0.452 e. The summed E-state index contributed by atoms with van der Waals surface area (Å²) >= 11 is 9.30. The molecular formula is C13H14BrClN2O. The summed E-state index contributed by atoms with van der Waals surface area (Å²) < 4.78 is 6.18. The van der Waals surface area contributed by atoms with Crippen LogP contribution in [0.5, 0.6) is 0 Å². The van der Waals surface area contributed by atoms with Gasteiger partial charge in [0.2, 0.25) is 0 Å². The molecule has 18 heavy (non-hydrogen) atoms. The van der Waals surface area contributed by atoms with E-state index in [9.17, 15) is 0 Å². The van der Waals surface area contributed by atoms with Crippen LogP contribution in [0.15, 0.2) is 39.4 Å². The molecule has 0 aliphatic carbocycles. The molecule has 0 saturated heterocycles. The minimum atomic E-state index is 0.618. The average Bonchev–Trinajstić information content (AvgIpc) is 2.72. The molecule has 96 valence electrons. The van der Waals surface area contributed by atoms with Gasteiger partial charge in [-0.05, 0) is 46.3 Å². The van der Waals surface area contributed by atoms with Crippen LogP contribution in [0.4, 0.5) is 11.4 Å². The molecule has 3 nitrogen and oxygen atoms in total. The number of nitrogens with one attached hydrogen (secondary N) is 1. The topological polar surface area (TPSA) is 28.4 Å². The predicted octanol–water partition coefficient (Wildman–Crippen LogP) is 4.37. The third kappa shape index (κ3) is 3.21. The van der Waals surface area contributed by atoms with Crippen LogP contribution in [-0.4, -0.2) is 14.1 Å². The second kappa shape index (κ2) is 5.67. The average molecular weight is 330 g/mol. The fraction of sp³-hybridized carbons (Fsp3) is 0.231. The summed E-state index contributed by atoms with van der Waals surface area (Å²) in [7, 11) is 4.00. The predicted molar refractivity (Wildman–Crippen MR) is 79.5 cm³/mol. The van der Waals surface area contributed by atoms with Crippen molar-refractivity contribution in [1.29, 1.82) is 0 Å². The zero-order valence-electron chi connectivity index (χ0n) is 10.2. The highest BCUT2D eigenvalue weighted by molar-refractivity contribution is 9.10. The number of hydrogen-bond donors (Lipinski definition) is 1. The number of halogens is 2. The van der Waals surface area contributed by atoms with Crippen molar-refractivity contribution < 1.29 is 4.42 Å². The van der Waals surface area contributed by atoms with Gasteiger partial charge < -0.3 is 14.6 Å². The van der Waals surface area contributed by atoms with E-state index < -0.39 is 0 Å². The van der Waals surface area contributed by atoms with Gasteiger partial charge in [0, 0.05) is 19.1 Å². The number of benzene rings is 1. The molecule has 0 unspecified atom stereocenters. The second-order valence-electron chi connectivity index (χ2n) is 4.12. The third-order valence-electron chi connectivity index (χ3n) is 2.52. The lowest BCUT2D eigenvalue weighted by Gasteiger charge is -2.18. The summed E-state index contributed by atoms with van der Waals surface area (Å²) in [4.78, 5) is 2.04. The maximum atomic E-state index is 6.02. The van der Waals surface area contributed by atoms with E-state index in [0.717, 1.165) is 21.8 Å². The fourth-order valence-corrected chi connectivity index (χ4v) is 2.18. The Bertz CT molecular complexity index is 540. The van der Waals surface area contributed by atoms with Crippen LogP contribution in [0.1, 0.15) is 5.76 Å². The number of nitrogens with zero attached hydrogens (tertiary/aromatic N) is 1. The van der Waals surface area contributed by atoms with Crippen LogP contribution in [0.3, 0.4) is 0 Å². The van der Waals surface area contributed by atoms with Gasteiger partial charge in [0.15, 0.2) is 4.67 Å². The van der Waals surface area contributed by atoms with E-state index in [1.54, 1.807) is 0 Å². The van der Waals surface area contributed by atoms with E-state index in [1.165, 1.54) is 0 Å². The Kier molecular flexibility index (Phi) is 4.19. The summed E-state index contributed by atoms with van der Waals surface area (Å²) in [5, 5.41) is 4.04. The van der Waals surface area contributed by atoms with Crippen molar-refractivity contribution >= 4 is 38.9 Å². The highest BCUT2D eigenvalue weighted by Gasteiger charge is 2.06. The first-order chi connectivity index (χ1) is 8.56. The molecule has 1 aromatic carbocycles. The van der Waals surface area contributed by atoms with Gasteiger partial charge >= 0.3 is 0 Å². The highest BCUT2D eigenvalue weighted by atomic mass is 79.9. The van der Waals surface area contributed by atoms with Crippen molar-refractivity contribution in [2.75, 3.05) is 24.3 Å². The van der Waals surface area contributed by atoms with Crippen LogP contribution in [0.2, 0.25) is 5.02 Å². The largest absolute Gasteiger partial charge is 0.452 e. The molecule has 5 heteroatoms. The van der Waals surface area contributed by atoms with Crippen LogP contribution in [0, 0.1) is 0 Å². The number of furan rings is 1. The second-order valence-corrected chi connectivity index (χ2v) is 5.33. The molecular weight excluding hydrogens is 316 g/mol. The molecule has 0 aliphatic rings. The van der Waals surface area contributed by atoms with E-state index in [-0.39, 0.29) is 0 Å². The minimum absolute atomic E-state index is 0.618. The Labute approximate surface area is 120 Å². The third-order valence-corrected chi connectivity index (χ3v) is 3.18. The maximum absolute atomic E-state index is 6.02.